The van der Waals surface area contributed by atoms with Crippen LogP contribution in [0.1, 0.15) is 15.9 Å². The van der Waals surface area contributed by atoms with Gasteiger partial charge in [0.05, 0.1) is 16.3 Å². The van der Waals surface area contributed by atoms with Gasteiger partial charge in [0.15, 0.2) is 0 Å². The van der Waals surface area contributed by atoms with Crippen LogP contribution in [0.3, 0.4) is 0 Å². The lowest BCUT2D eigenvalue weighted by molar-refractivity contribution is -0.137. The van der Waals surface area contributed by atoms with Crippen LogP contribution in [-0.4, -0.2) is 15.9 Å². The molecule has 3 rings (SSSR count). The van der Waals surface area contributed by atoms with Crippen LogP contribution in [0.4, 0.5) is 18.9 Å². The molecule has 0 bridgehead atoms. The Labute approximate surface area is 166 Å². The van der Waals surface area contributed by atoms with E-state index in [1.54, 1.807) is 24.3 Å². The molecule has 10 heteroatoms. The molecule has 0 aliphatic heterocycles. The first-order chi connectivity index (χ1) is 13.1. The molecule has 0 saturated heterocycles. The molecular formula is C18H10Cl2F3N3O2. The van der Waals surface area contributed by atoms with Crippen LogP contribution >= 0.6 is 23.2 Å². The average Bonchev–Trinajstić information content (AvgIpc) is 2.63. The van der Waals surface area contributed by atoms with E-state index in [2.05, 4.69) is 15.3 Å². The number of nitrogens with zero attached hydrogens (tertiary/aromatic N) is 1. The lowest BCUT2D eigenvalue weighted by Gasteiger charge is -2.11. The first-order valence-corrected chi connectivity index (χ1v) is 8.44. The van der Waals surface area contributed by atoms with E-state index < -0.39 is 23.2 Å². The summed E-state index contributed by atoms with van der Waals surface area (Å²) in [6, 6.07) is 8.94. The highest BCUT2D eigenvalue weighted by Gasteiger charge is 2.31. The summed E-state index contributed by atoms with van der Waals surface area (Å²) in [6.45, 7) is 0. The van der Waals surface area contributed by atoms with Crippen LogP contribution in [-0.2, 0) is 6.18 Å². The fourth-order valence-electron chi connectivity index (χ4n) is 2.30. The van der Waals surface area contributed by atoms with Gasteiger partial charge in [-0.15, -0.1) is 0 Å². The van der Waals surface area contributed by atoms with Crippen LogP contribution in [0.2, 0.25) is 10.0 Å². The monoisotopic (exact) mass is 427 g/mol. The second-order valence-corrected chi connectivity index (χ2v) is 6.47. The number of carbonyl (C=O) groups is 1. The highest BCUT2D eigenvalue weighted by atomic mass is 35.5. The molecule has 0 radical (unpaired) electrons. The third kappa shape index (κ3) is 4.35. The zero-order chi connectivity index (χ0) is 20.5. The number of benzene rings is 2. The van der Waals surface area contributed by atoms with Gasteiger partial charge in [-0.05, 0) is 42.5 Å². The summed E-state index contributed by atoms with van der Waals surface area (Å²) in [4.78, 5) is 31.0. The summed E-state index contributed by atoms with van der Waals surface area (Å²) >= 11 is 11.6. The number of nitrogens with one attached hydrogen (secondary N) is 2. The van der Waals surface area contributed by atoms with Gasteiger partial charge in [0.25, 0.3) is 11.5 Å². The molecule has 0 aliphatic carbocycles. The Morgan fingerprint density at radius 3 is 2.36 bits per heavy atom. The van der Waals surface area contributed by atoms with Gasteiger partial charge in [-0.1, -0.05) is 23.2 Å². The minimum atomic E-state index is -4.61. The SMILES string of the molecule is O=C(Nc1cc(C(F)(F)F)ccc1Cl)c1cnc(-c2ccc(Cl)cc2)[nH]c1=O. The Balaban J connectivity index is 1.88. The van der Waals surface area contributed by atoms with Crippen molar-refractivity contribution in [2.75, 3.05) is 5.32 Å². The molecule has 0 unspecified atom stereocenters. The number of hydrogen-bond donors (Lipinski definition) is 2. The van der Waals surface area contributed by atoms with Gasteiger partial charge in [-0.25, -0.2) is 4.98 Å². The highest BCUT2D eigenvalue weighted by Crippen LogP contribution is 2.33. The van der Waals surface area contributed by atoms with E-state index in [4.69, 9.17) is 23.2 Å². The van der Waals surface area contributed by atoms with Crippen molar-refractivity contribution in [1.82, 2.24) is 9.97 Å². The zero-order valence-electron chi connectivity index (χ0n) is 13.8. The topological polar surface area (TPSA) is 74.8 Å². The van der Waals surface area contributed by atoms with Crippen LogP contribution in [0.15, 0.2) is 53.5 Å². The van der Waals surface area contributed by atoms with Crippen LogP contribution in [0.5, 0.6) is 0 Å². The molecule has 0 fully saturated rings. The maximum atomic E-state index is 12.8. The summed E-state index contributed by atoms with van der Waals surface area (Å²) in [5, 5.41) is 2.59. The van der Waals surface area contributed by atoms with Gasteiger partial charge in [-0.3, -0.25) is 9.59 Å². The summed E-state index contributed by atoms with van der Waals surface area (Å²) < 4.78 is 38.5. The van der Waals surface area contributed by atoms with Gasteiger partial charge < -0.3 is 10.3 Å². The molecule has 0 spiro atoms. The number of halogens is 5. The predicted octanol–water partition coefficient (Wildman–Crippen LogP) is 5.01. The largest absolute Gasteiger partial charge is 0.416 e. The third-order valence-corrected chi connectivity index (χ3v) is 4.29. The number of rotatable bonds is 3. The van der Waals surface area contributed by atoms with Crippen molar-refractivity contribution in [3.63, 3.8) is 0 Å². The van der Waals surface area contributed by atoms with E-state index in [1.165, 1.54) is 0 Å². The van der Waals surface area contributed by atoms with Crippen molar-refractivity contribution >= 4 is 34.8 Å². The second kappa shape index (κ2) is 7.65. The van der Waals surface area contributed by atoms with Crippen LogP contribution in [0.25, 0.3) is 11.4 Å². The molecule has 3 aromatic rings. The fraction of sp³-hybridized carbons (Fsp3) is 0.0556. The molecule has 0 saturated carbocycles. The number of aromatic amines is 1. The smallest absolute Gasteiger partial charge is 0.320 e. The van der Waals surface area contributed by atoms with E-state index in [0.29, 0.717) is 16.7 Å². The van der Waals surface area contributed by atoms with Crippen molar-refractivity contribution < 1.29 is 18.0 Å². The van der Waals surface area contributed by atoms with Crippen molar-refractivity contribution in [3.8, 4) is 11.4 Å². The lowest BCUT2D eigenvalue weighted by atomic mass is 10.2. The van der Waals surface area contributed by atoms with Crippen molar-refractivity contribution in [1.29, 1.82) is 0 Å². The first-order valence-electron chi connectivity index (χ1n) is 7.68. The summed E-state index contributed by atoms with van der Waals surface area (Å²) in [6.07, 6.45) is -3.58. The normalized spacial score (nSPS) is 11.3. The number of anilines is 1. The Morgan fingerprint density at radius 2 is 1.75 bits per heavy atom. The summed E-state index contributed by atoms with van der Waals surface area (Å²) in [7, 11) is 0. The molecule has 0 aliphatic rings. The maximum absolute atomic E-state index is 12.8. The van der Waals surface area contributed by atoms with Gasteiger partial charge >= 0.3 is 6.18 Å². The number of aromatic nitrogens is 2. The Hall–Kier alpha value is -2.84. The number of hydrogen-bond acceptors (Lipinski definition) is 3. The summed E-state index contributed by atoms with van der Waals surface area (Å²) in [5.41, 5.74) is -1.85. The molecule has 5 nitrogen and oxygen atoms in total. The van der Waals surface area contributed by atoms with Crippen LogP contribution < -0.4 is 10.9 Å². The van der Waals surface area contributed by atoms with Crippen molar-refractivity contribution in [3.05, 3.63) is 80.2 Å². The standard InChI is InChI=1S/C18H10Cl2F3N3O2/c19-11-4-1-9(2-5-11)15-24-8-12(17(28)26-15)16(27)25-14-7-10(18(21,22)23)3-6-13(14)20/h1-8H,(H,25,27)(H,24,26,28). The quantitative estimate of drug-likeness (QED) is 0.616. The Morgan fingerprint density at radius 1 is 1.07 bits per heavy atom. The Bertz CT molecular complexity index is 1100. The highest BCUT2D eigenvalue weighted by molar-refractivity contribution is 6.34. The van der Waals surface area contributed by atoms with Gasteiger partial charge in [0, 0.05) is 16.8 Å². The minimum absolute atomic E-state index is 0.108. The fourth-order valence-corrected chi connectivity index (χ4v) is 2.59. The van der Waals surface area contributed by atoms with E-state index in [0.717, 1.165) is 18.3 Å². The van der Waals surface area contributed by atoms with Crippen LogP contribution in [0, 0.1) is 0 Å². The molecule has 1 heterocycles. The third-order valence-electron chi connectivity index (χ3n) is 3.70. The number of H-pyrrole nitrogens is 1. The van der Waals surface area contributed by atoms with Crippen molar-refractivity contribution in [2.24, 2.45) is 0 Å². The van der Waals surface area contributed by atoms with Gasteiger partial charge in [0.2, 0.25) is 0 Å². The number of alkyl halides is 3. The van der Waals surface area contributed by atoms with Crippen molar-refractivity contribution in [2.45, 2.75) is 6.18 Å². The summed E-state index contributed by atoms with van der Waals surface area (Å²) in [5.74, 6) is -0.743. The maximum Gasteiger partial charge on any atom is 0.416 e. The van der Waals surface area contributed by atoms with E-state index in [-0.39, 0.29) is 22.1 Å². The second-order valence-electron chi connectivity index (χ2n) is 5.63. The molecule has 1 amide bonds. The molecular weight excluding hydrogens is 418 g/mol. The number of amides is 1. The van der Waals surface area contributed by atoms with Gasteiger partial charge in [0.1, 0.15) is 11.4 Å². The minimum Gasteiger partial charge on any atom is -0.320 e. The first kappa shape index (κ1) is 19.9. The zero-order valence-corrected chi connectivity index (χ0v) is 15.3. The average molecular weight is 428 g/mol. The van der Waals surface area contributed by atoms with Gasteiger partial charge in [-0.2, -0.15) is 13.2 Å². The molecule has 1 aromatic heterocycles. The van der Waals surface area contributed by atoms with E-state index in [1.807, 2.05) is 0 Å². The molecule has 144 valence electrons. The predicted molar refractivity (Wildman–Crippen MR) is 99.7 cm³/mol. The van der Waals surface area contributed by atoms with E-state index in [9.17, 15) is 22.8 Å². The molecule has 2 aromatic carbocycles. The molecule has 2 N–H and O–H groups in total. The molecule has 0 atom stereocenters. The Kier molecular flexibility index (Phi) is 5.44. The lowest BCUT2D eigenvalue weighted by Crippen LogP contribution is -2.24. The molecule has 28 heavy (non-hydrogen) atoms. The van der Waals surface area contributed by atoms with E-state index >= 15 is 0 Å². The number of carbonyl (C=O) groups excluding carboxylic acids is 1.